The quantitative estimate of drug-likeness (QED) is 0.419. The fourth-order valence-corrected chi connectivity index (χ4v) is 0.887. The average Bonchev–Trinajstić information content (AvgIpc) is 1.92. The van der Waals surface area contributed by atoms with Crippen molar-refractivity contribution >= 4 is 11.6 Å². The number of hydrogen-bond donors (Lipinski definition) is 0. The molecule has 0 atom stereocenters. The summed E-state index contributed by atoms with van der Waals surface area (Å²) >= 11 is 3.43. The van der Waals surface area contributed by atoms with Crippen molar-refractivity contribution < 1.29 is 52.7 Å². The molecule has 0 saturated heterocycles. The standard InChI is InChI=1S/C5ClF12N/c6-2(9,10)1(7,8)3(11,12)19(4(13,14)15)5(16,17)18. The minimum atomic E-state index is -7.37. The third-order valence-corrected chi connectivity index (χ3v) is 1.76. The molecule has 0 spiro atoms. The van der Waals surface area contributed by atoms with Crippen LogP contribution < -0.4 is 0 Å². The van der Waals surface area contributed by atoms with E-state index in [0.717, 1.165) is 0 Å². The van der Waals surface area contributed by atoms with E-state index in [2.05, 4.69) is 11.6 Å². The van der Waals surface area contributed by atoms with Crippen LogP contribution in [0.3, 0.4) is 0 Å². The van der Waals surface area contributed by atoms with Crippen LogP contribution in [-0.4, -0.2) is 34.9 Å². The highest BCUT2D eigenvalue weighted by Crippen LogP contribution is 2.54. The van der Waals surface area contributed by atoms with E-state index in [4.69, 9.17) is 0 Å². The Morgan fingerprint density at radius 1 is 0.579 bits per heavy atom. The lowest BCUT2D eigenvalue weighted by molar-refractivity contribution is -0.478. The molecular formula is C5ClF12N. The molecular weight excluding hydrogens is 337 g/mol. The maximum absolute atomic E-state index is 12.5. The molecule has 116 valence electrons. The van der Waals surface area contributed by atoms with Gasteiger partial charge in [-0.1, -0.05) is 4.90 Å². The van der Waals surface area contributed by atoms with Crippen molar-refractivity contribution in [2.45, 2.75) is 30.0 Å². The van der Waals surface area contributed by atoms with Crippen LogP contribution in [0.2, 0.25) is 0 Å². The average molecular weight is 337 g/mol. The first kappa shape index (κ1) is 18.4. The summed E-state index contributed by atoms with van der Waals surface area (Å²) in [5, 5.41) is -6.36. The molecule has 0 aromatic heterocycles. The lowest BCUT2D eigenvalue weighted by Crippen LogP contribution is -2.68. The van der Waals surface area contributed by atoms with Crippen LogP contribution in [0.5, 0.6) is 0 Å². The highest BCUT2D eigenvalue weighted by atomic mass is 35.5. The molecule has 0 rings (SSSR count). The fourth-order valence-electron chi connectivity index (χ4n) is 0.773. The Morgan fingerprint density at radius 3 is 1.00 bits per heavy atom. The van der Waals surface area contributed by atoms with Crippen molar-refractivity contribution in [3.8, 4) is 0 Å². The van der Waals surface area contributed by atoms with E-state index in [-0.39, 0.29) is 0 Å². The van der Waals surface area contributed by atoms with Crippen LogP contribution in [0.1, 0.15) is 0 Å². The van der Waals surface area contributed by atoms with Gasteiger partial charge in [0, 0.05) is 0 Å². The third-order valence-electron chi connectivity index (χ3n) is 1.52. The molecule has 0 aliphatic carbocycles. The molecule has 0 heterocycles. The molecule has 0 aliphatic heterocycles. The number of nitrogens with zero attached hydrogens (tertiary/aromatic N) is 1. The first-order chi connectivity index (χ1) is 7.87. The Morgan fingerprint density at radius 2 is 0.842 bits per heavy atom. The summed E-state index contributed by atoms with van der Waals surface area (Å²) in [6.07, 6.45) is -14.2. The highest BCUT2D eigenvalue weighted by Gasteiger charge is 2.81. The van der Waals surface area contributed by atoms with Gasteiger partial charge < -0.3 is 0 Å². The number of halogens is 13. The molecule has 0 unspecified atom stereocenters. The Labute approximate surface area is 100 Å². The monoisotopic (exact) mass is 337 g/mol. The molecule has 0 N–H and O–H groups in total. The number of rotatable bonds is 3. The van der Waals surface area contributed by atoms with E-state index in [9.17, 15) is 52.7 Å². The van der Waals surface area contributed by atoms with Crippen LogP contribution in [-0.2, 0) is 0 Å². The summed E-state index contributed by atoms with van der Waals surface area (Å²) in [5.41, 5.74) is 0. The van der Waals surface area contributed by atoms with Crippen molar-refractivity contribution in [1.29, 1.82) is 0 Å². The Bertz CT molecular complexity index is 308. The van der Waals surface area contributed by atoms with Gasteiger partial charge in [-0.05, 0) is 11.6 Å². The topological polar surface area (TPSA) is 3.24 Å². The molecule has 0 aromatic rings. The van der Waals surface area contributed by atoms with Crippen molar-refractivity contribution in [3.05, 3.63) is 0 Å². The van der Waals surface area contributed by atoms with Gasteiger partial charge in [-0.3, -0.25) is 0 Å². The lowest BCUT2D eigenvalue weighted by atomic mass is 10.2. The smallest absolute Gasteiger partial charge is 0.189 e. The fraction of sp³-hybridized carbons (Fsp3) is 1.00. The summed E-state index contributed by atoms with van der Waals surface area (Å²) in [7, 11) is 0. The number of alkyl halides is 13. The van der Waals surface area contributed by atoms with Crippen LogP contribution >= 0.6 is 11.6 Å². The molecule has 0 radical (unpaired) electrons. The van der Waals surface area contributed by atoms with E-state index >= 15 is 0 Å². The molecule has 0 saturated carbocycles. The predicted molar refractivity (Wildman–Crippen MR) is 34.6 cm³/mol. The summed E-state index contributed by atoms with van der Waals surface area (Å²) < 4.78 is 144. The summed E-state index contributed by atoms with van der Waals surface area (Å²) in [6.45, 7) is 0. The van der Waals surface area contributed by atoms with Crippen molar-refractivity contribution in [2.75, 3.05) is 0 Å². The van der Waals surface area contributed by atoms with Gasteiger partial charge in [-0.2, -0.15) is 52.7 Å². The second kappa shape index (κ2) is 4.46. The van der Waals surface area contributed by atoms with Gasteiger partial charge in [0.2, 0.25) is 0 Å². The summed E-state index contributed by atoms with van der Waals surface area (Å²) in [6, 6.07) is -7.37. The molecule has 0 aromatic carbocycles. The van der Waals surface area contributed by atoms with Crippen LogP contribution in [0.15, 0.2) is 0 Å². The SMILES string of the molecule is FC(F)(F)N(C(F)(F)F)C(F)(F)C(F)(F)C(F)(F)Cl. The molecule has 1 nitrogen and oxygen atoms in total. The van der Waals surface area contributed by atoms with Gasteiger partial charge in [0.05, 0.1) is 0 Å². The zero-order valence-electron chi connectivity index (χ0n) is 7.86. The summed E-state index contributed by atoms with van der Waals surface area (Å²) in [4.78, 5) is -3.96. The Hall–Kier alpha value is -0.590. The maximum Gasteiger partial charge on any atom is 0.472 e. The van der Waals surface area contributed by atoms with E-state index in [1.807, 2.05) is 0 Å². The minimum Gasteiger partial charge on any atom is -0.189 e. The third kappa shape index (κ3) is 3.30. The van der Waals surface area contributed by atoms with E-state index < -0.39 is 34.9 Å². The van der Waals surface area contributed by atoms with Crippen molar-refractivity contribution in [2.24, 2.45) is 0 Å². The van der Waals surface area contributed by atoms with Gasteiger partial charge in [0.1, 0.15) is 0 Å². The Kier molecular flexibility index (Phi) is 4.32. The van der Waals surface area contributed by atoms with Gasteiger partial charge in [-0.25, -0.2) is 0 Å². The van der Waals surface area contributed by atoms with E-state index in [1.54, 1.807) is 0 Å². The second-order valence-electron chi connectivity index (χ2n) is 2.88. The molecule has 0 bridgehead atoms. The van der Waals surface area contributed by atoms with Crippen LogP contribution in [0, 0.1) is 0 Å². The molecule has 0 fully saturated rings. The van der Waals surface area contributed by atoms with Crippen molar-refractivity contribution in [3.63, 3.8) is 0 Å². The lowest BCUT2D eigenvalue weighted by Gasteiger charge is -2.38. The molecule has 14 heteroatoms. The Balaban J connectivity index is 5.97. The first-order valence-electron chi connectivity index (χ1n) is 3.63. The molecule has 0 amide bonds. The summed E-state index contributed by atoms with van der Waals surface area (Å²) in [5.74, 6) is -7.15. The largest absolute Gasteiger partial charge is 0.472 e. The minimum absolute atomic E-state index is 3.43. The molecule has 19 heavy (non-hydrogen) atoms. The van der Waals surface area contributed by atoms with Crippen LogP contribution in [0.4, 0.5) is 52.7 Å². The van der Waals surface area contributed by atoms with Gasteiger partial charge >= 0.3 is 30.0 Å². The normalized spacial score (nSPS) is 16.1. The van der Waals surface area contributed by atoms with Gasteiger partial charge in [0.25, 0.3) is 0 Å². The van der Waals surface area contributed by atoms with Crippen LogP contribution in [0.25, 0.3) is 0 Å². The first-order valence-corrected chi connectivity index (χ1v) is 4.01. The zero-order valence-corrected chi connectivity index (χ0v) is 8.62. The highest BCUT2D eigenvalue weighted by molar-refractivity contribution is 6.22. The van der Waals surface area contributed by atoms with Gasteiger partial charge in [0.15, 0.2) is 0 Å². The number of hydrogen-bond acceptors (Lipinski definition) is 1. The van der Waals surface area contributed by atoms with Crippen molar-refractivity contribution in [1.82, 2.24) is 4.90 Å². The maximum atomic E-state index is 12.5. The van der Waals surface area contributed by atoms with Gasteiger partial charge in [-0.15, -0.1) is 0 Å². The zero-order chi connectivity index (χ0) is 16.1. The second-order valence-corrected chi connectivity index (χ2v) is 3.36. The van der Waals surface area contributed by atoms with E-state index in [0.29, 0.717) is 0 Å². The van der Waals surface area contributed by atoms with E-state index in [1.165, 1.54) is 0 Å². The predicted octanol–water partition coefficient (Wildman–Crippen LogP) is 4.39. The molecule has 0 aliphatic rings.